The minimum absolute atomic E-state index is 0.506. The van der Waals surface area contributed by atoms with Crippen LogP contribution in [0.5, 0.6) is 0 Å². The summed E-state index contributed by atoms with van der Waals surface area (Å²) in [7, 11) is 1.74. The standard InChI is InChI=1S/C14H24N2O/c1-11(2)16(8-9-17-4)10-13-6-5-7-14(15)12(13)3/h5-7,11H,8-10,15H2,1-4H3. The Morgan fingerprint density at radius 2 is 2.06 bits per heavy atom. The number of hydrogen-bond acceptors (Lipinski definition) is 3. The van der Waals surface area contributed by atoms with Gasteiger partial charge in [0, 0.05) is 31.9 Å². The van der Waals surface area contributed by atoms with Crippen molar-refractivity contribution >= 4 is 5.69 Å². The largest absolute Gasteiger partial charge is 0.399 e. The van der Waals surface area contributed by atoms with Gasteiger partial charge in [-0.25, -0.2) is 0 Å². The zero-order valence-corrected chi connectivity index (χ0v) is 11.4. The molecule has 1 rings (SSSR count). The van der Waals surface area contributed by atoms with Gasteiger partial charge in [0.25, 0.3) is 0 Å². The number of nitrogens with zero attached hydrogens (tertiary/aromatic N) is 1. The molecule has 0 aliphatic heterocycles. The molecule has 2 N–H and O–H groups in total. The Hall–Kier alpha value is -1.06. The van der Waals surface area contributed by atoms with Gasteiger partial charge < -0.3 is 10.5 Å². The molecule has 0 aliphatic rings. The smallest absolute Gasteiger partial charge is 0.0589 e. The Labute approximate surface area is 105 Å². The number of hydrogen-bond donors (Lipinski definition) is 1. The van der Waals surface area contributed by atoms with Crippen molar-refractivity contribution < 1.29 is 4.74 Å². The Bertz CT molecular complexity index is 350. The molecule has 0 bridgehead atoms. The van der Waals surface area contributed by atoms with Crippen molar-refractivity contribution in [3.63, 3.8) is 0 Å². The maximum Gasteiger partial charge on any atom is 0.0589 e. The van der Waals surface area contributed by atoms with Crippen molar-refractivity contribution in [3.05, 3.63) is 29.3 Å². The van der Waals surface area contributed by atoms with Crippen LogP contribution in [0.3, 0.4) is 0 Å². The zero-order valence-electron chi connectivity index (χ0n) is 11.4. The van der Waals surface area contributed by atoms with Crippen LogP contribution in [0.15, 0.2) is 18.2 Å². The fourth-order valence-electron chi connectivity index (χ4n) is 1.82. The van der Waals surface area contributed by atoms with Gasteiger partial charge >= 0.3 is 0 Å². The SMILES string of the molecule is COCCN(Cc1cccc(N)c1C)C(C)C. The predicted molar refractivity (Wildman–Crippen MR) is 73.0 cm³/mol. The van der Waals surface area contributed by atoms with Crippen LogP contribution in [-0.2, 0) is 11.3 Å². The van der Waals surface area contributed by atoms with Gasteiger partial charge in [0.2, 0.25) is 0 Å². The second-order valence-electron chi connectivity index (χ2n) is 4.69. The molecule has 1 aromatic rings. The molecule has 3 nitrogen and oxygen atoms in total. The summed E-state index contributed by atoms with van der Waals surface area (Å²) >= 11 is 0. The van der Waals surface area contributed by atoms with E-state index in [-0.39, 0.29) is 0 Å². The number of anilines is 1. The van der Waals surface area contributed by atoms with Crippen LogP contribution in [0.25, 0.3) is 0 Å². The molecular formula is C14H24N2O. The van der Waals surface area contributed by atoms with Crippen LogP contribution in [0.2, 0.25) is 0 Å². The highest BCUT2D eigenvalue weighted by Gasteiger charge is 2.11. The molecule has 0 heterocycles. The molecule has 3 heteroatoms. The first kappa shape index (κ1) is 14.0. The molecule has 0 saturated carbocycles. The fraction of sp³-hybridized carbons (Fsp3) is 0.571. The Balaban J connectivity index is 2.75. The van der Waals surface area contributed by atoms with Crippen LogP contribution < -0.4 is 5.73 Å². The van der Waals surface area contributed by atoms with Crippen molar-refractivity contribution in [2.45, 2.75) is 33.4 Å². The maximum atomic E-state index is 5.93. The third kappa shape index (κ3) is 4.02. The maximum absolute atomic E-state index is 5.93. The highest BCUT2D eigenvalue weighted by molar-refractivity contribution is 5.49. The average molecular weight is 236 g/mol. The molecule has 0 fully saturated rings. The molecule has 0 spiro atoms. The third-order valence-electron chi connectivity index (χ3n) is 3.17. The van der Waals surface area contributed by atoms with Crippen molar-refractivity contribution in [2.24, 2.45) is 0 Å². The number of ether oxygens (including phenoxy) is 1. The summed E-state index contributed by atoms with van der Waals surface area (Å²) in [6.07, 6.45) is 0. The average Bonchev–Trinajstić information content (AvgIpc) is 2.29. The number of rotatable bonds is 6. The number of nitrogens with two attached hydrogens (primary N) is 1. The minimum Gasteiger partial charge on any atom is -0.399 e. The van der Waals surface area contributed by atoms with E-state index in [0.717, 1.165) is 25.4 Å². The van der Waals surface area contributed by atoms with Crippen molar-refractivity contribution in [1.82, 2.24) is 4.90 Å². The normalized spacial score (nSPS) is 11.4. The lowest BCUT2D eigenvalue weighted by Gasteiger charge is -2.27. The molecule has 0 atom stereocenters. The first-order chi connectivity index (χ1) is 8.06. The van der Waals surface area contributed by atoms with Gasteiger partial charge in [-0.15, -0.1) is 0 Å². The number of methoxy groups -OCH3 is 1. The Kier molecular flexibility index (Phi) is 5.45. The van der Waals surface area contributed by atoms with Gasteiger partial charge in [-0.1, -0.05) is 12.1 Å². The van der Waals surface area contributed by atoms with Crippen LogP contribution in [0.1, 0.15) is 25.0 Å². The summed E-state index contributed by atoms with van der Waals surface area (Å²) in [6, 6.07) is 6.62. The highest BCUT2D eigenvalue weighted by atomic mass is 16.5. The van der Waals surface area contributed by atoms with E-state index in [4.69, 9.17) is 10.5 Å². The lowest BCUT2D eigenvalue weighted by molar-refractivity contribution is 0.125. The van der Waals surface area contributed by atoms with Gasteiger partial charge in [-0.2, -0.15) is 0 Å². The molecule has 0 saturated heterocycles. The lowest BCUT2D eigenvalue weighted by atomic mass is 10.1. The van der Waals surface area contributed by atoms with E-state index in [2.05, 4.69) is 31.7 Å². The lowest BCUT2D eigenvalue weighted by Crippen LogP contribution is -2.33. The van der Waals surface area contributed by atoms with Gasteiger partial charge in [0.15, 0.2) is 0 Å². The number of nitrogen functional groups attached to an aromatic ring is 1. The fourth-order valence-corrected chi connectivity index (χ4v) is 1.82. The van der Waals surface area contributed by atoms with E-state index >= 15 is 0 Å². The van der Waals surface area contributed by atoms with E-state index in [1.165, 1.54) is 11.1 Å². The second kappa shape index (κ2) is 6.62. The van der Waals surface area contributed by atoms with Crippen molar-refractivity contribution in [3.8, 4) is 0 Å². The third-order valence-corrected chi connectivity index (χ3v) is 3.17. The van der Waals surface area contributed by atoms with E-state index in [1.807, 2.05) is 12.1 Å². The topological polar surface area (TPSA) is 38.5 Å². The summed E-state index contributed by atoms with van der Waals surface area (Å²) < 4.78 is 5.15. The molecule has 96 valence electrons. The second-order valence-corrected chi connectivity index (χ2v) is 4.69. The van der Waals surface area contributed by atoms with E-state index in [0.29, 0.717) is 6.04 Å². The molecule has 17 heavy (non-hydrogen) atoms. The zero-order chi connectivity index (χ0) is 12.8. The quantitative estimate of drug-likeness (QED) is 0.771. The Morgan fingerprint density at radius 1 is 1.35 bits per heavy atom. The first-order valence-electron chi connectivity index (χ1n) is 6.13. The van der Waals surface area contributed by atoms with E-state index < -0.39 is 0 Å². The molecule has 0 aliphatic carbocycles. The summed E-state index contributed by atoms with van der Waals surface area (Å²) in [5.41, 5.74) is 9.29. The van der Waals surface area contributed by atoms with Gasteiger partial charge in [0.1, 0.15) is 0 Å². The molecule has 0 unspecified atom stereocenters. The number of benzene rings is 1. The van der Waals surface area contributed by atoms with Gasteiger partial charge in [0.05, 0.1) is 6.61 Å². The Morgan fingerprint density at radius 3 is 2.65 bits per heavy atom. The molecule has 0 amide bonds. The molecule has 1 aromatic carbocycles. The molecule has 0 aromatic heterocycles. The molecular weight excluding hydrogens is 212 g/mol. The summed E-state index contributed by atoms with van der Waals surface area (Å²) in [5, 5.41) is 0. The van der Waals surface area contributed by atoms with E-state index in [9.17, 15) is 0 Å². The van der Waals surface area contributed by atoms with Crippen LogP contribution >= 0.6 is 0 Å². The monoisotopic (exact) mass is 236 g/mol. The van der Waals surface area contributed by atoms with Crippen LogP contribution in [0.4, 0.5) is 5.69 Å². The highest BCUT2D eigenvalue weighted by Crippen LogP contribution is 2.18. The van der Waals surface area contributed by atoms with Crippen LogP contribution in [0, 0.1) is 6.92 Å². The minimum atomic E-state index is 0.506. The van der Waals surface area contributed by atoms with Gasteiger partial charge in [-0.3, -0.25) is 4.90 Å². The summed E-state index contributed by atoms with van der Waals surface area (Å²) in [6.45, 7) is 9.13. The van der Waals surface area contributed by atoms with Crippen molar-refractivity contribution in [1.29, 1.82) is 0 Å². The first-order valence-corrected chi connectivity index (χ1v) is 6.13. The summed E-state index contributed by atoms with van der Waals surface area (Å²) in [5.74, 6) is 0. The van der Waals surface area contributed by atoms with Gasteiger partial charge in [-0.05, 0) is 38.0 Å². The molecule has 0 radical (unpaired) electrons. The van der Waals surface area contributed by atoms with E-state index in [1.54, 1.807) is 7.11 Å². The van der Waals surface area contributed by atoms with Crippen molar-refractivity contribution in [2.75, 3.05) is 26.0 Å². The van der Waals surface area contributed by atoms with Crippen LogP contribution in [-0.4, -0.2) is 31.2 Å². The summed E-state index contributed by atoms with van der Waals surface area (Å²) in [4.78, 5) is 2.39. The predicted octanol–water partition coefficient (Wildman–Crippen LogP) is 2.43.